The number of methoxy groups -OCH3 is 3. The second-order valence-corrected chi connectivity index (χ2v) is 7.91. The van der Waals surface area contributed by atoms with Gasteiger partial charge in [-0.15, -0.1) is 0 Å². The molecule has 0 saturated heterocycles. The molecule has 0 radical (unpaired) electrons. The first-order valence-corrected chi connectivity index (χ1v) is 11.0. The fraction of sp³-hybridized carbons (Fsp3) is 0.269. The number of hydrogen-bond acceptors (Lipinski definition) is 7. The van der Waals surface area contributed by atoms with Gasteiger partial charge in [-0.05, 0) is 47.9 Å². The van der Waals surface area contributed by atoms with Crippen LogP contribution < -0.4 is 18.9 Å². The number of carbonyl (C=O) groups excluding carboxylic acids is 1. The van der Waals surface area contributed by atoms with E-state index in [1.54, 1.807) is 50.5 Å². The van der Waals surface area contributed by atoms with Gasteiger partial charge in [-0.3, -0.25) is 14.9 Å². The van der Waals surface area contributed by atoms with Crippen molar-refractivity contribution in [1.82, 2.24) is 4.90 Å². The molecule has 0 N–H and O–H groups in total. The molecule has 0 unspecified atom stereocenters. The monoisotopic (exact) mass is 478 g/mol. The summed E-state index contributed by atoms with van der Waals surface area (Å²) in [5.74, 6) is 1.77. The number of ether oxygens (including phenoxy) is 4. The van der Waals surface area contributed by atoms with E-state index in [-0.39, 0.29) is 17.9 Å². The molecule has 3 aromatic carbocycles. The summed E-state index contributed by atoms with van der Waals surface area (Å²) >= 11 is 0. The number of para-hydroxylation sites is 3. The van der Waals surface area contributed by atoms with Crippen LogP contribution in [0.1, 0.15) is 27.5 Å². The fourth-order valence-electron chi connectivity index (χ4n) is 4.33. The first kappa shape index (κ1) is 23.9. The maximum atomic E-state index is 13.6. The predicted molar refractivity (Wildman–Crippen MR) is 129 cm³/mol. The molecule has 4 rings (SSSR count). The second-order valence-electron chi connectivity index (χ2n) is 7.91. The quantitative estimate of drug-likeness (QED) is 0.349. The van der Waals surface area contributed by atoms with E-state index in [1.807, 2.05) is 24.3 Å². The van der Waals surface area contributed by atoms with Crippen LogP contribution in [0.25, 0.3) is 0 Å². The van der Waals surface area contributed by atoms with E-state index in [4.69, 9.17) is 18.9 Å². The molecule has 1 heterocycles. The number of nitro benzene ring substituents is 1. The van der Waals surface area contributed by atoms with Gasteiger partial charge in [0.25, 0.3) is 11.6 Å². The highest BCUT2D eigenvalue weighted by atomic mass is 16.6. The number of fused-ring (bicyclic) bond motifs is 1. The number of benzene rings is 3. The number of amides is 1. The largest absolute Gasteiger partial charge is 0.493 e. The first-order chi connectivity index (χ1) is 17.0. The second kappa shape index (κ2) is 10.3. The molecule has 3 aromatic rings. The van der Waals surface area contributed by atoms with Crippen molar-refractivity contribution in [3.05, 3.63) is 87.5 Å². The maximum Gasteiger partial charge on any atom is 0.282 e. The predicted octanol–water partition coefficient (Wildman–Crippen LogP) is 4.44. The van der Waals surface area contributed by atoms with E-state index in [1.165, 1.54) is 12.1 Å². The van der Waals surface area contributed by atoms with Gasteiger partial charge in [0.1, 0.15) is 12.2 Å². The van der Waals surface area contributed by atoms with Crippen LogP contribution in [-0.4, -0.2) is 50.2 Å². The van der Waals surface area contributed by atoms with Crippen LogP contribution >= 0.6 is 0 Å². The highest BCUT2D eigenvalue weighted by Gasteiger charge is 2.35. The number of hydrogen-bond donors (Lipinski definition) is 0. The molecule has 0 bridgehead atoms. The highest BCUT2D eigenvalue weighted by molar-refractivity contribution is 5.98. The summed E-state index contributed by atoms with van der Waals surface area (Å²) in [7, 11) is 4.67. The zero-order valence-corrected chi connectivity index (χ0v) is 19.7. The van der Waals surface area contributed by atoms with Gasteiger partial charge in [0, 0.05) is 12.6 Å². The van der Waals surface area contributed by atoms with E-state index < -0.39 is 16.9 Å². The standard InChI is InChI=1S/C26H26N2O7/c1-32-22-10-6-7-11-23(22)35-16-21-19-15-25(34-3)24(33-2)14-17(19)12-13-27(21)26(29)18-8-4-5-9-20(18)28(30)31/h4-11,14-15,21H,12-13,16H2,1-3H3/t21-/m0/s1. The SMILES string of the molecule is COc1cc2c(cc1OC)[C@H](COc1ccccc1OC)N(C(=O)c1ccccc1[N+](=O)[O-])CC2. The molecule has 1 atom stereocenters. The minimum atomic E-state index is -0.542. The zero-order chi connectivity index (χ0) is 24.9. The summed E-state index contributed by atoms with van der Waals surface area (Å²) in [5, 5.41) is 11.6. The Morgan fingerprint density at radius 3 is 2.26 bits per heavy atom. The fourth-order valence-corrected chi connectivity index (χ4v) is 4.33. The van der Waals surface area contributed by atoms with Crippen molar-refractivity contribution >= 4 is 11.6 Å². The molecule has 0 fully saturated rings. The number of rotatable bonds is 8. The molecule has 9 nitrogen and oxygen atoms in total. The van der Waals surface area contributed by atoms with Gasteiger partial charge in [0.05, 0.1) is 32.3 Å². The van der Waals surface area contributed by atoms with Crippen LogP contribution in [0.4, 0.5) is 5.69 Å². The molecule has 0 spiro atoms. The summed E-state index contributed by atoms with van der Waals surface area (Å²) in [5.41, 5.74) is 1.61. The summed E-state index contributed by atoms with van der Waals surface area (Å²) < 4.78 is 22.5. The van der Waals surface area contributed by atoms with Crippen molar-refractivity contribution in [2.75, 3.05) is 34.5 Å². The van der Waals surface area contributed by atoms with Gasteiger partial charge in [-0.1, -0.05) is 24.3 Å². The maximum absolute atomic E-state index is 13.6. The summed E-state index contributed by atoms with van der Waals surface area (Å²) in [4.78, 5) is 26.3. The van der Waals surface area contributed by atoms with Crippen LogP contribution in [0.3, 0.4) is 0 Å². The molecule has 1 aliphatic heterocycles. The van der Waals surface area contributed by atoms with Crippen LogP contribution in [-0.2, 0) is 6.42 Å². The van der Waals surface area contributed by atoms with Gasteiger partial charge in [0.15, 0.2) is 23.0 Å². The third kappa shape index (κ3) is 4.70. The van der Waals surface area contributed by atoms with E-state index in [0.717, 1.165) is 11.1 Å². The minimum Gasteiger partial charge on any atom is -0.493 e. The lowest BCUT2D eigenvalue weighted by molar-refractivity contribution is -0.385. The van der Waals surface area contributed by atoms with Crippen LogP contribution in [0.5, 0.6) is 23.0 Å². The Balaban J connectivity index is 1.76. The molecule has 0 aromatic heterocycles. The van der Waals surface area contributed by atoms with Crippen molar-refractivity contribution < 1.29 is 28.7 Å². The van der Waals surface area contributed by atoms with Crippen LogP contribution in [0, 0.1) is 10.1 Å². The molecular formula is C26H26N2O7. The summed E-state index contributed by atoms with van der Waals surface area (Å²) in [6.45, 7) is 0.461. The van der Waals surface area contributed by atoms with Gasteiger partial charge in [-0.2, -0.15) is 0 Å². The Labute approximate surface area is 202 Å². The first-order valence-electron chi connectivity index (χ1n) is 11.0. The number of nitro groups is 1. The van der Waals surface area contributed by atoms with Gasteiger partial charge in [-0.25, -0.2) is 0 Å². The Morgan fingerprint density at radius 1 is 0.943 bits per heavy atom. The third-order valence-electron chi connectivity index (χ3n) is 6.06. The Morgan fingerprint density at radius 2 is 1.57 bits per heavy atom. The lowest BCUT2D eigenvalue weighted by Gasteiger charge is -2.37. The lowest BCUT2D eigenvalue weighted by atomic mass is 9.91. The van der Waals surface area contributed by atoms with E-state index in [2.05, 4.69) is 0 Å². The molecule has 182 valence electrons. The highest BCUT2D eigenvalue weighted by Crippen LogP contribution is 2.40. The number of carbonyl (C=O) groups is 1. The Bertz CT molecular complexity index is 1240. The van der Waals surface area contributed by atoms with Gasteiger partial charge >= 0.3 is 0 Å². The van der Waals surface area contributed by atoms with Gasteiger partial charge < -0.3 is 23.8 Å². The molecular weight excluding hydrogens is 452 g/mol. The average Bonchev–Trinajstić information content (AvgIpc) is 2.90. The van der Waals surface area contributed by atoms with Gasteiger partial charge in [0.2, 0.25) is 0 Å². The van der Waals surface area contributed by atoms with Crippen LogP contribution in [0.2, 0.25) is 0 Å². The molecule has 0 saturated carbocycles. The van der Waals surface area contributed by atoms with E-state index >= 15 is 0 Å². The molecule has 1 amide bonds. The average molecular weight is 479 g/mol. The van der Waals surface area contributed by atoms with Crippen molar-refractivity contribution in [2.24, 2.45) is 0 Å². The smallest absolute Gasteiger partial charge is 0.282 e. The van der Waals surface area contributed by atoms with Crippen molar-refractivity contribution in [2.45, 2.75) is 12.5 Å². The normalized spacial score (nSPS) is 14.6. The molecule has 35 heavy (non-hydrogen) atoms. The van der Waals surface area contributed by atoms with Crippen molar-refractivity contribution in [3.8, 4) is 23.0 Å². The van der Waals surface area contributed by atoms with Crippen molar-refractivity contribution in [3.63, 3.8) is 0 Å². The topological polar surface area (TPSA) is 100 Å². The molecule has 0 aliphatic carbocycles. The summed E-state index contributed by atoms with van der Waals surface area (Å²) in [6.07, 6.45) is 0.549. The third-order valence-corrected chi connectivity index (χ3v) is 6.06. The van der Waals surface area contributed by atoms with E-state index in [9.17, 15) is 14.9 Å². The Hall–Kier alpha value is -4.27. The zero-order valence-electron chi connectivity index (χ0n) is 19.7. The molecule has 9 heteroatoms. The van der Waals surface area contributed by atoms with E-state index in [0.29, 0.717) is 36.0 Å². The lowest BCUT2D eigenvalue weighted by Crippen LogP contribution is -2.42. The summed E-state index contributed by atoms with van der Waals surface area (Å²) in [6, 6.07) is 16.4. The minimum absolute atomic E-state index is 0.0312. The van der Waals surface area contributed by atoms with Crippen molar-refractivity contribution in [1.29, 1.82) is 0 Å². The molecule has 1 aliphatic rings. The Kier molecular flexibility index (Phi) is 7.05. The van der Waals surface area contributed by atoms with Crippen LogP contribution in [0.15, 0.2) is 60.7 Å². The number of nitrogens with zero attached hydrogens (tertiary/aromatic N) is 2.